The maximum absolute atomic E-state index is 12.4. The van der Waals surface area contributed by atoms with E-state index in [0.29, 0.717) is 29.3 Å². The van der Waals surface area contributed by atoms with Crippen LogP contribution in [-0.4, -0.2) is 25.9 Å². The van der Waals surface area contributed by atoms with Crippen LogP contribution in [0, 0.1) is 0 Å². The van der Waals surface area contributed by atoms with Gasteiger partial charge in [-0.1, -0.05) is 6.92 Å². The monoisotopic (exact) mass is 411 g/mol. The van der Waals surface area contributed by atoms with Crippen molar-refractivity contribution in [3.63, 3.8) is 0 Å². The molecule has 150 valence electrons. The van der Waals surface area contributed by atoms with E-state index in [-0.39, 0.29) is 10.8 Å². The van der Waals surface area contributed by atoms with Gasteiger partial charge in [0.15, 0.2) is 0 Å². The highest BCUT2D eigenvalue weighted by molar-refractivity contribution is 7.92. The lowest BCUT2D eigenvalue weighted by molar-refractivity contribution is 0.102. The standard InChI is InChI=1S/C21H21N3O4S/c1-2-14-28-19-9-5-16(6-10-19)21(25)23-17-7-11-20(12-8-17)29(26,27)24-18-4-3-13-22-15-18/h3-13,15,24H,2,14H2,1H3,(H,23,25). The quantitative estimate of drug-likeness (QED) is 0.585. The first-order chi connectivity index (χ1) is 14.0. The Morgan fingerprint density at radius 1 is 1.00 bits per heavy atom. The number of hydrogen-bond acceptors (Lipinski definition) is 5. The average Bonchev–Trinajstić information content (AvgIpc) is 2.73. The van der Waals surface area contributed by atoms with Crippen LogP contribution >= 0.6 is 0 Å². The maximum Gasteiger partial charge on any atom is 0.261 e. The summed E-state index contributed by atoms with van der Waals surface area (Å²) in [6.45, 7) is 2.64. The van der Waals surface area contributed by atoms with Gasteiger partial charge in [0.2, 0.25) is 0 Å². The fourth-order valence-corrected chi connectivity index (χ4v) is 3.52. The highest BCUT2D eigenvalue weighted by Crippen LogP contribution is 2.19. The lowest BCUT2D eigenvalue weighted by atomic mass is 10.2. The van der Waals surface area contributed by atoms with Crippen LogP contribution in [0.25, 0.3) is 0 Å². The SMILES string of the molecule is CCCOc1ccc(C(=O)Nc2ccc(S(=O)(=O)Nc3cccnc3)cc2)cc1. The summed E-state index contributed by atoms with van der Waals surface area (Å²) in [7, 11) is -3.74. The largest absolute Gasteiger partial charge is 0.494 e. The summed E-state index contributed by atoms with van der Waals surface area (Å²) >= 11 is 0. The molecule has 0 bridgehead atoms. The van der Waals surface area contributed by atoms with Gasteiger partial charge in [-0.25, -0.2) is 8.42 Å². The summed E-state index contributed by atoms with van der Waals surface area (Å²) in [6.07, 6.45) is 3.89. The van der Waals surface area contributed by atoms with Gasteiger partial charge in [-0.15, -0.1) is 0 Å². The number of carbonyl (C=O) groups is 1. The zero-order chi connectivity index (χ0) is 20.7. The lowest BCUT2D eigenvalue weighted by Gasteiger charge is -2.10. The van der Waals surface area contributed by atoms with Crippen LogP contribution in [-0.2, 0) is 10.0 Å². The first-order valence-electron chi connectivity index (χ1n) is 9.05. The molecule has 8 heteroatoms. The first kappa shape index (κ1) is 20.3. The Hall–Kier alpha value is -3.39. The van der Waals surface area contributed by atoms with Crippen LogP contribution in [0.5, 0.6) is 5.75 Å². The van der Waals surface area contributed by atoms with E-state index in [4.69, 9.17) is 4.74 Å². The van der Waals surface area contributed by atoms with Crippen molar-refractivity contribution in [2.24, 2.45) is 0 Å². The van der Waals surface area contributed by atoms with Gasteiger partial charge in [0, 0.05) is 17.4 Å². The van der Waals surface area contributed by atoms with E-state index in [2.05, 4.69) is 15.0 Å². The number of anilines is 2. The van der Waals surface area contributed by atoms with Gasteiger partial charge in [0.05, 0.1) is 23.4 Å². The van der Waals surface area contributed by atoms with E-state index >= 15 is 0 Å². The number of nitrogens with one attached hydrogen (secondary N) is 2. The third kappa shape index (κ3) is 5.55. The Balaban J connectivity index is 1.64. The molecule has 29 heavy (non-hydrogen) atoms. The molecule has 0 fully saturated rings. The molecule has 3 rings (SSSR count). The third-order valence-corrected chi connectivity index (χ3v) is 5.32. The lowest BCUT2D eigenvalue weighted by Crippen LogP contribution is -2.14. The van der Waals surface area contributed by atoms with Crippen LogP contribution in [0.4, 0.5) is 11.4 Å². The van der Waals surface area contributed by atoms with Gasteiger partial charge in [0.1, 0.15) is 5.75 Å². The second-order valence-electron chi connectivity index (χ2n) is 6.20. The molecule has 0 spiro atoms. The molecular formula is C21H21N3O4S. The van der Waals surface area contributed by atoms with Crippen LogP contribution < -0.4 is 14.8 Å². The number of pyridine rings is 1. The summed E-state index contributed by atoms with van der Waals surface area (Å²) < 4.78 is 32.8. The van der Waals surface area contributed by atoms with E-state index in [9.17, 15) is 13.2 Å². The Kier molecular flexibility index (Phi) is 6.46. The molecule has 1 amide bonds. The van der Waals surface area contributed by atoms with Crippen LogP contribution in [0.3, 0.4) is 0 Å². The second-order valence-corrected chi connectivity index (χ2v) is 7.88. The number of rotatable bonds is 8. The Morgan fingerprint density at radius 3 is 2.34 bits per heavy atom. The van der Waals surface area contributed by atoms with Crippen molar-refractivity contribution in [1.82, 2.24) is 4.98 Å². The molecule has 1 aromatic heterocycles. The topological polar surface area (TPSA) is 97.4 Å². The smallest absolute Gasteiger partial charge is 0.261 e. The van der Waals surface area contributed by atoms with Crippen LogP contribution in [0.2, 0.25) is 0 Å². The number of benzene rings is 2. The summed E-state index contributed by atoms with van der Waals surface area (Å²) in [6, 6.07) is 16.0. The Morgan fingerprint density at radius 2 is 1.72 bits per heavy atom. The first-order valence-corrected chi connectivity index (χ1v) is 10.5. The number of amides is 1. The fourth-order valence-electron chi connectivity index (χ4n) is 2.48. The summed E-state index contributed by atoms with van der Waals surface area (Å²) in [4.78, 5) is 16.3. The number of nitrogens with zero attached hydrogens (tertiary/aromatic N) is 1. The van der Waals surface area contributed by atoms with Gasteiger partial charge < -0.3 is 10.1 Å². The van der Waals surface area contributed by atoms with Gasteiger partial charge in [-0.2, -0.15) is 0 Å². The van der Waals surface area contributed by atoms with Crippen molar-refractivity contribution in [2.45, 2.75) is 18.2 Å². The maximum atomic E-state index is 12.4. The zero-order valence-corrected chi connectivity index (χ0v) is 16.6. The summed E-state index contributed by atoms with van der Waals surface area (Å²) in [5.41, 5.74) is 1.33. The zero-order valence-electron chi connectivity index (χ0n) is 15.8. The second kappa shape index (κ2) is 9.20. The van der Waals surface area contributed by atoms with Crippen molar-refractivity contribution < 1.29 is 17.9 Å². The van der Waals surface area contributed by atoms with E-state index < -0.39 is 10.0 Å². The van der Waals surface area contributed by atoms with Crippen molar-refractivity contribution in [1.29, 1.82) is 0 Å². The predicted molar refractivity (Wildman–Crippen MR) is 112 cm³/mol. The molecule has 0 saturated carbocycles. The van der Waals surface area contributed by atoms with Crippen LogP contribution in [0.1, 0.15) is 23.7 Å². The van der Waals surface area contributed by atoms with Crippen molar-refractivity contribution in [3.8, 4) is 5.75 Å². The molecule has 0 radical (unpaired) electrons. The van der Waals surface area contributed by atoms with E-state index in [1.54, 1.807) is 42.6 Å². The third-order valence-electron chi connectivity index (χ3n) is 3.93. The van der Waals surface area contributed by atoms with Crippen molar-refractivity contribution in [3.05, 3.63) is 78.6 Å². The molecule has 1 heterocycles. The number of sulfonamides is 1. The molecule has 2 N–H and O–H groups in total. The van der Waals surface area contributed by atoms with E-state index in [0.717, 1.165) is 6.42 Å². The number of hydrogen-bond donors (Lipinski definition) is 2. The molecule has 0 saturated heterocycles. The van der Waals surface area contributed by atoms with Gasteiger partial charge >= 0.3 is 0 Å². The molecular weight excluding hydrogens is 390 g/mol. The Labute approximate surface area is 169 Å². The molecule has 0 aliphatic heterocycles. The number of aromatic nitrogens is 1. The number of carbonyl (C=O) groups excluding carboxylic acids is 1. The van der Waals surface area contributed by atoms with E-state index in [1.165, 1.54) is 30.5 Å². The average molecular weight is 411 g/mol. The molecule has 0 atom stereocenters. The highest BCUT2D eigenvalue weighted by Gasteiger charge is 2.14. The predicted octanol–water partition coefficient (Wildman–Crippen LogP) is 3.92. The minimum atomic E-state index is -3.74. The molecule has 3 aromatic rings. The minimum absolute atomic E-state index is 0.0803. The van der Waals surface area contributed by atoms with Gasteiger partial charge in [-0.05, 0) is 67.1 Å². The fraction of sp³-hybridized carbons (Fsp3) is 0.143. The van der Waals surface area contributed by atoms with Crippen molar-refractivity contribution in [2.75, 3.05) is 16.6 Å². The minimum Gasteiger partial charge on any atom is -0.494 e. The molecule has 0 aliphatic carbocycles. The normalized spacial score (nSPS) is 10.9. The molecule has 7 nitrogen and oxygen atoms in total. The summed E-state index contributed by atoms with van der Waals surface area (Å²) in [5.74, 6) is 0.412. The summed E-state index contributed by atoms with van der Waals surface area (Å²) in [5, 5.41) is 2.74. The van der Waals surface area contributed by atoms with Gasteiger partial charge in [-0.3, -0.25) is 14.5 Å². The van der Waals surface area contributed by atoms with Crippen molar-refractivity contribution >= 4 is 27.3 Å². The van der Waals surface area contributed by atoms with Crippen LogP contribution in [0.15, 0.2) is 78.0 Å². The molecule has 2 aromatic carbocycles. The highest BCUT2D eigenvalue weighted by atomic mass is 32.2. The van der Waals surface area contributed by atoms with Gasteiger partial charge in [0.25, 0.3) is 15.9 Å². The molecule has 0 aliphatic rings. The Bertz CT molecular complexity index is 1050. The number of ether oxygens (including phenoxy) is 1. The molecule has 0 unspecified atom stereocenters. The van der Waals surface area contributed by atoms with E-state index in [1.807, 2.05) is 6.92 Å².